The molecule has 2 rings (SSSR count). The zero-order valence-corrected chi connectivity index (χ0v) is 20.4. The number of guanidine groups is 1. The number of ether oxygens (including phenoxy) is 1. The van der Waals surface area contributed by atoms with Gasteiger partial charge >= 0.3 is 6.09 Å². The van der Waals surface area contributed by atoms with E-state index in [1.54, 1.807) is 12.4 Å². The van der Waals surface area contributed by atoms with Gasteiger partial charge in [0.25, 0.3) is 0 Å². The fourth-order valence-corrected chi connectivity index (χ4v) is 3.20. The fourth-order valence-electron chi connectivity index (χ4n) is 3.20. The number of hydrogen-bond acceptors (Lipinski definition) is 7. The molecule has 1 aromatic heterocycles. The zero-order chi connectivity index (χ0) is 23.6. The molecule has 0 spiro atoms. The molecule has 2 heterocycles. The monoisotopic (exact) mass is 448 g/mol. The third-order valence-electron chi connectivity index (χ3n) is 4.74. The van der Waals surface area contributed by atoms with Crippen molar-refractivity contribution >= 4 is 18.0 Å². The molecule has 1 aliphatic heterocycles. The highest BCUT2D eigenvalue weighted by molar-refractivity contribution is 5.79. The van der Waals surface area contributed by atoms with E-state index in [1.807, 2.05) is 47.6 Å². The molecule has 10 nitrogen and oxygen atoms in total. The molecule has 32 heavy (non-hydrogen) atoms. The van der Waals surface area contributed by atoms with Gasteiger partial charge in [-0.25, -0.2) is 14.8 Å². The standard InChI is InChI=1S/C22H40N8O2/c1-7-23-18(27-17-22(5,6)28-20(31)32-21(2,3)4)24-11-12-29-13-15-30(16-14-29)19-25-9-8-10-26-19/h8-10H,7,11-17H2,1-6H3,(H,28,31)(H2,23,24,27). The van der Waals surface area contributed by atoms with Crippen LogP contribution in [0.3, 0.4) is 0 Å². The van der Waals surface area contributed by atoms with Crippen LogP contribution in [0.1, 0.15) is 41.5 Å². The summed E-state index contributed by atoms with van der Waals surface area (Å²) >= 11 is 0. The number of rotatable bonds is 8. The predicted molar refractivity (Wildman–Crippen MR) is 128 cm³/mol. The van der Waals surface area contributed by atoms with E-state index in [-0.39, 0.29) is 0 Å². The molecule has 1 aromatic rings. The van der Waals surface area contributed by atoms with E-state index in [9.17, 15) is 4.79 Å². The molecule has 0 aromatic carbocycles. The number of nitrogens with one attached hydrogen (secondary N) is 3. The van der Waals surface area contributed by atoms with Gasteiger partial charge in [0.2, 0.25) is 5.95 Å². The maximum atomic E-state index is 12.1. The highest BCUT2D eigenvalue weighted by Gasteiger charge is 2.24. The first kappa shape index (κ1) is 25.6. The summed E-state index contributed by atoms with van der Waals surface area (Å²) in [6.45, 7) is 18.1. The Bertz CT molecular complexity index is 725. The number of nitrogens with zero attached hydrogens (tertiary/aromatic N) is 5. The first-order valence-electron chi connectivity index (χ1n) is 11.4. The summed E-state index contributed by atoms with van der Waals surface area (Å²) in [4.78, 5) is 30.0. The van der Waals surface area contributed by atoms with E-state index in [0.29, 0.717) is 6.54 Å². The van der Waals surface area contributed by atoms with Gasteiger partial charge in [-0.05, 0) is 47.6 Å². The molecular weight excluding hydrogens is 408 g/mol. The Morgan fingerprint density at radius 2 is 1.75 bits per heavy atom. The fraction of sp³-hybridized carbons (Fsp3) is 0.727. The average Bonchev–Trinajstić information content (AvgIpc) is 2.71. The third-order valence-corrected chi connectivity index (χ3v) is 4.74. The van der Waals surface area contributed by atoms with Crippen molar-refractivity contribution in [2.75, 3.05) is 57.3 Å². The molecule has 3 N–H and O–H groups in total. The molecule has 1 amide bonds. The average molecular weight is 449 g/mol. The zero-order valence-electron chi connectivity index (χ0n) is 20.4. The minimum atomic E-state index is -0.528. The quantitative estimate of drug-likeness (QED) is 0.405. The van der Waals surface area contributed by atoms with Crippen LogP contribution in [0.2, 0.25) is 0 Å². The number of anilines is 1. The van der Waals surface area contributed by atoms with E-state index >= 15 is 0 Å². The molecule has 1 saturated heterocycles. The Kier molecular flexibility index (Phi) is 9.49. The van der Waals surface area contributed by atoms with Crippen LogP contribution in [0.4, 0.5) is 10.7 Å². The SMILES string of the molecule is CCNC(=NCC(C)(C)NC(=O)OC(C)(C)C)NCCN1CCN(c2ncccn2)CC1. The first-order valence-corrected chi connectivity index (χ1v) is 11.4. The molecule has 0 bridgehead atoms. The molecule has 0 radical (unpaired) electrons. The lowest BCUT2D eigenvalue weighted by Gasteiger charge is -2.34. The second-order valence-corrected chi connectivity index (χ2v) is 9.51. The molecule has 10 heteroatoms. The summed E-state index contributed by atoms with van der Waals surface area (Å²) in [7, 11) is 0. The molecule has 0 atom stereocenters. The topological polar surface area (TPSA) is 107 Å². The van der Waals surface area contributed by atoms with Gasteiger partial charge in [0.15, 0.2) is 5.96 Å². The van der Waals surface area contributed by atoms with Gasteiger partial charge in [-0.3, -0.25) is 9.89 Å². The Morgan fingerprint density at radius 1 is 1.09 bits per heavy atom. The van der Waals surface area contributed by atoms with E-state index in [0.717, 1.165) is 57.7 Å². The summed E-state index contributed by atoms with van der Waals surface area (Å²) in [5, 5.41) is 9.54. The number of aliphatic imine (C=N–C) groups is 1. The van der Waals surface area contributed by atoms with E-state index in [2.05, 4.69) is 40.7 Å². The van der Waals surface area contributed by atoms with Crippen LogP contribution in [0.25, 0.3) is 0 Å². The van der Waals surface area contributed by atoms with Gasteiger partial charge in [0.05, 0.1) is 12.1 Å². The lowest BCUT2D eigenvalue weighted by Crippen LogP contribution is -2.50. The molecule has 1 fully saturated rings. The van der Waals surface area contributed by atoms with Crippen molar-refractivity contribution in [1.82, 2.24) is 30.8 Å². The number of aromatic nitrogens is 2. The number of hydrogen-bond donors (Lipinski definition) is 3. The van der Waals surface area contributed by atoms with Crippen molar-refractivity contribution in [2.45, 2.75) is 52.7 Å². The van der Waals surface area contributed by atoms with Gasteiger partial charge in [-0.2, -0.15) is 0 Å². The lowest BCUT2D eigenvalue weighted by molar-refractivity contribution is 0.0476. The van der Waals surface area contributed by atoms with Crippen LogP contribution in [0.15, 0.2) is 23.5 Å². The van der Waals surface area contributed by atoms with Crippen molar-refractivity contribution in [2.24, 2.45) is 4.99 Å². The Hall–Kier alpha value is -2.62. The first-order chi connectivity index (χ1) is 15.1. The number of carbonyl (C=O) groups excluding carboxylic acids is 1. The van der Waals surface area contributed by atoms with Crippen molar-refractivity contribution in [3.05, 3.63) is 18.5 Å². The van der Waals surface area contributed by atoms with Crippen LogP contribution >= 0.6 is 0 Å². The smallest absolute Gasteiger partial charge is 0.408 e. The highest BCUT2D eigenvalue weighted by atomic mass is 16.6. The van der Waals surface area contributed by atoms with Crippen molar-refractivity contribution in [3.63, 3.8) is 0 Å². The maximum Gasteiger partial charge on any atom is 0.408 e. The number of carbonyl (C=O) groups is 1. The Balaban J connectivity index is 1.75. The Labute approximate surface area is 192 Å². The van der Waals surface area contributed by atoms with Gasteiger partial charge < -0.3 is 25.6 Å². The van der Waals surface area contributed by atoms with Crippen LogP contribution in [0.5, 0.6) is 0 Å². The van der Waals surface area contributed by atoms with E-state index < -0.39 is 17.2 Å². The third kappa shape index (κ3) is 9.67. The van der Waals surface area contributed by atoms with E-state index in [1.165, 1.54) is 0 Å². The lowest BCUT2D eigenvalue weighted by atomic mass is 10.1. The predicted octanol–water partition coefficient (Wildman–Crippen LogP) is 1.46. The molecule has 0 saturated carbocycles. The summed E-state index contributed by atoms with van der Waals surface area (Å²) < 4.78 is 5.35. The minimum absolute atomic E-state index is 0.428. The summed E-state index contributed by atoms with van der Waals surface area (Å²) in [6, 6.07) is 1.84. The molecule has 0 aliphatic carbocycles. The molecule has 0 unspecified atom stereocenters. The normalized spacial score (nSPS) is 15.9. The van der Waals surface area contributed by atoms with E-state index in [4.69, 9.17) is 4.74 Å². The summed E-state index contributed by atoms with van der Waals surface area (Å²) in [6.07, 6.45) is 3.13. The largest absolute Gasteiger partial charge is 0.444 e. The second kappa shape index (κ2) is 11.8. The molecular formula is C22H40N8O2. The summed E-state index contributed by atoms with van der Waals surface area (Å²) in [5.41, 5.74) is -1.06. The number of piperazine rings is 1. The van der Waals surface area contributed by atoms with Gasteiger partial charge in [-0.1, -0.05) is 0 Å². The number of alkyl carbamates (subject to hydrolysis) is 1. The van der Waals surface area contributed by atoms with Crippen LogP contribution in [-0.4, -0.2) is 90.4 Å². The van der Waals surface area contributed by atoms with Crippen LogP contribution < -0.4 is 20.9 Å². The number of amides is 1. The van der Waals surface area contributed by atoms with Crippen molar-refractivity contribution in [1.29, 1.82) is 0 Å². The van der Waals surface area contributed by atoms with Crippen molar-refractivity contribution in [3.8, 4) is 0 Å². The van der Waals surface area contributed by atoms with Gasteiger partial charge in [-0.15, -0.1) is 0 Å². The minimum Gasteiger partial charge on any atom is -0.444 e. The second-order valence-electron chi connectivity index (χ2n) is 9.51. The molecule has 1 aliphatic rings. The highest BCUT2D eigenvalue weighted by Crippen LogP contribution is 2.10. The van der Waals surface area contributed by atoms with Crippen molar-refractivity contribution < 1.29 is 9.53 Å². The van der Waals surface area contributed by atoms with Crippen LogP contribution in [-0.2, 0) is 4.74 Å². The molecule has 180 valence electrons. The van der Waals surface area contributed by atoms with Gasteiger partial charge in [0.1, 0.15) is 5.60 Å². The van der Waals surface area contributed by atoms with Crippen LogP contribution in [0, 0.1) is 0 Å². The van der Waals surface area contributed by atoms with Gasteiger partial charge in [0, 0.05) is 58.2 Å². The Morgan fingerprint density at radius 3 is 2.34 bits per heavy atom. The maximum absolute atomic E-state index is 12.1. The summed E-state index contributed by atoms with van der Waals surface area (Å²) in [5.74, 6) is 1.54.